The van der Waals surface area contributed by atoms with E-state index >= 15 is 0 Å². The monoisotopic (exact) mass is 237 g/mol. The van der Waals surface area contributed by atoms with E-state index in [1.165, 1.54) is 13.1 Å². The number of hydrogen-bond donors (Lipinski definition) is 3. The van der Waals surface area contributed by atoms with Crippen molar-refractivity contribution >= 4 is 17.7 Å². The number of amides is 1. The van der Waals surface area contributed by atoms with E-state index < -0.39 is 12.0 Å². The molecule has 1 amide bonds. The van der Waals surface area contributed by atoms with Crippen LogP contribution >= 0.6 is 0 Å². The van der Waals surface area contributed by atoms with Crippen LogP contribution in [0.25, 0.3) is 0 Å². The smallest absolute Gasteiger partial charge is 0.325 e. The summed E-state index contributed by atoms with van der Waals surface area (Å²) in [5, 5.41) is 14.0. The molecule has 6 heteroatoms. The molecule has 0 radical (unpaired) electrons. The van der Waals surface area contributed by atoms with Gasteiger partial charge in [0.2, 0.25) is 0 Å². The van der Waals surface area contributed by atoms with Gasteiger partial charge in [-0.25, -0.2) is 4.98 Å². The highest BCUT2D eigenvalue weighted by Crippen LogP contribution is 2.06. The molecule has 3 N–H and O–H groups in total. The lowest BCUT2D eigenvalue weighted by Crippen LogP contribution is -2.26. The van der Waals surface area contributed by atoms with E-state index in [4.69, 9.17) is 5.11 Å². The lowest BCUT2D eigenvalue weighted by Gasteiger charge is -2.09. The summed E-state index contributed by atoms with van der Waals surface area (Å²) in [6.07, 6.45) is 1.40. The Bertz CT molecular complexity index is 403. The van der Waals surface area contributed by atoms with Crippen molar-refractivity contribution in [3.8, 4) is 0 Å². The Hall–Kier alpha value is -2.11. The second-order valence-electron chi connectivity index (χ2n) is 3.50. The standard InChI is InChI=1S/C11H15N3O3/c1-3-12-10(15)8-4-5-9(13-6-8)14-7(2)11(16)17/h4-7H,3H2,1-2H3,(H,12,15)(H,13,14)(H,16,17)/t7-/m0/s1. The minimum atomic E-state index is -0.959. The number of carboxylic acid groups (broad SMARTS) is 1. The fourth-order valence-corrected chi connectivity index (χ4v) is 1.16. The van der Waals surface area contributed by atoms with Crippen LogP contribution in [-0.4, -0.2) is 34.6 Å². The number of nitrogens with one attached hydrogen (secondary N) is 2. The number of nitrogens with zero attached hydrogens (tertiary/aromatic N) is 1. The number of aliphatic carboxylic acids is 1. The molecule has 1 aromatic heterocycles. The van der Waals surface area contributed by atoms with Gasteiger partial charge in [0, 0.05) is 12.7 Å². The summed E-state index contributed by atoms with van der Waals surface area (Å²) in [5.41, 5.74) is 0.445. The van der Waals surface area contributed by atoms with Crippen LogP contribution in [0.3, 0.4) is 0 Å². The minimum absolute atomic E-state index is 0.196. The van der Waals surface area contributed by atoms with Crippen LogP contribution in [0.4, 0.5) is 5.82 Å². The zero-order valence-corrected chi connectivity index (χ0v) is 9.73. The molecule has 0 aromatic carbocycles. The van der Waals surface area contributed by atoms with Gasteiger partial charge in [0.25, 0.3) is 5.91 Å². The van der Waals surface area contributed by atoms with Crippen LogP contribution in [0.15, 0.2) is 18.3 Å². The minimum Gasteiger partial charge on any atom is -0.480 e. The highest BCUT2D eigenvalue weighted by atomic mass is 16.4. The van der Waals surface area contributed by atoms with Crippen LogP contribution in [0.2, 0.25) is 0 Å². The molecule has 0 aliphatic heterocycles. The third kappa shape index (κ3) is 3.75. The zero-order valence-electron chi connectivity index (χ0n) is 9.73. The maximum absolute atomic E-state index is 11.4. The SMILES string of the molecule is CCNC(=O)c1ccc(N[C@@H](C)C(=O)O)nc1. The molecule has 0 aliphatic rings. The van der Waals surface area contributed by atoms with Gasteiger partial charge in [0.1, 0.15) is 11.9 Å². The first-order valence-corrected chi connectivity index (χ1v) is 5.28. The van der Waals surface area contributed by atoms with Crippen LogP contribution in [0, 0.1) is 0 Å². The van der Waals surface area contributed by atoms with Crippen LogP contribution in [0.1, 0.15) is 24.2 Å². The average molecular weight is 237 g/mol. The first-order chi connectivity index (χ1) is 8.04. The predicted molar refractivity (Wildman–Crippen MR) is 63.0 cm³/mol. The Morgan fingerprint density at radius 3 is 2.65 bits per heavy atom. The van der Waals surface area contributed by atoms with Crippen molar-refractivity contribution < 1.29 is 14.7 Å². The molecular weight excluding hydrogens is 222 g/mol. The van der Waals surface area contributed by atoms with Gasteiger partial charge in [-0.1, -0.05) is 0 Å². The van der Waals surface area contributed by atoms with E-state index in [0.29, 0.717) is 17.9 Å². The number of pyridine rings is 1. The van der Waals surface area contributed by atoms with Crippen molar-refractivity contribution in [2.24, 2.45) is 0 Å². The van der Waals surface area contributed by atoms with Gasteiger partial charge in [-0.3, -0.25) is 9.59 Å². The van der Waals surface area contributed by atoms with Gasteiger partial charge in [0.05, 0.1) is 5.56 Å². The summed E-state index contributed by atoms with van der Waals surface area (Å²) >= 11 is 0. The molecule has 0 fully saturated rings. The van der Waals surface area contributed by atoms with E-state index in [1.54, 1.807) is 12.1 Å². The average Bonchev–Trinajstić information content (AvgIpc) is 2.30. The number of carbonyl (C=O) groups excluding carboxylic acids is 1. The highest BCUT2D eigenvalue weighted by Gasteiger charge is 2.11. The number of carbonyl (C=O) groups is 2. The summed E-state index contributed by atoms with van der Waals surface area (Å²) in [4.78, 5) is 26.0. The van der Waals surface area contributed by atoms with Gasteiger partial charge in [0.15, 0.2) is 0 Å². The third-order valence-corrected chi connectivity index (χ3v) is 2.10. The molecule has 0 saturated heterocycles. The van der Waals surface area contributed by atoms with Gasteiger partial charge in [-0.05, 0) is 26.0 Å². The lowest BCUT2D eigenvalue weighted by atomic mass is 10.2. The van der Waals surface area contributed by atoms with Gasteiger partial charge >= 0.3 is 5.97 Å². The lowest BCUT2D eigenvalue weighted by molar-refractivity contribution is -0.137. The van der Waals surface area contributed by atoms with E-state index in [0.717, 1.165) is 0 Å². The number of hydrogen-bond acceptors (Lipinski definition) is 4. The Kier molecular flexibility index (Phi) is 4.45. The molecule has 92 valence electrons. The van der Waals surface area contributed by atoms with Crippen molar-refractivity contribution in [3.05, 3.63) is 23.9 Å². The number of aromatic nitrogens is 1. The normalized spacial score (nSPS) is 11.6. The van der Waals surface area contributed by atoms with Crippen molar-refractivity contribution in [2.45, 2.75) is 19.9 Å². The third-order valence-electron chi connectivity index (χ3n) is 2.10. The van der Waals surface area contributed by atoms with E-state index in [2.05, 4.69) is 15.6 Å². The topological polar surface area (TPSA) is 91.3 Å². The van der Waals surface area contributed by atoms with Gasteiger partial charge in [-0.2, -0.15) is 0 Å². The molecular formula is C11H15N3O3. The summed E-state index contributed by atoms with van der Waals surface area (Å²) in [6, 6.07) is 2.44. The van der Waals surface area contributed by atoms with Crippen molar-refractivity contribution in [3.63, 3.8) is 0 Å². The molecule has 1 atom stereocenters. The van der Waals surface area contributed by atoms with Crippen molar-refractivity contribution in [1.29, 1.82) is 0 Å². The number of anilines is 1. The second-order valence-corrected chi connectivity index (χ2v) is 3.50. The summed E-state index contributed by atoms with van der Waals surface area (Å²) in [7, 11) is 0. The maximum atomic E-state index is 11.4. The number of rotatable bonds is 5. The maximum Gasteiger partial charge on any atom is 0.325 e. The molecule has 1 aromatic rings. The van der Waals surface area contributed by atoms with Crippen molar-refractivity contribution in [2.75, 3.05) is 11.9 Å². The quantitative estimate of drug-likeness (QED) is 0.701. The molecule has 6 nitrogen and oxygen atoms in total. The van der Waals surface area contributed by atoms with Gasteiger partial charge in [-0.15, -0.1) is 0 Å². The first-order valence-electron chi connectivity index (χ1n) is 5.28. The Labute approximate surface area is 99.1 Å². The van der Waals surface area contributed by atoms with E-state index in [-0.39, 0.29) is 5.91 Å². The largest absolute Gasteiger partial charge is 0.480 e. The number of carboxylic acids is 1. The predicted octanol–water partition coefficient (Wildman–Crippen LogP) is 0.716. The summed E-state index contributed by atoms with van der Waals surface area (Å²) in [5.74, 6) is -0.731. The Morgan fingerprint density at radius 1 is 1.47 bits per heavy atom. The zero-order chi connectivity index (χ0) is 12.8. The fraction of sp³-hybridized carbons (Fsp3) is 0.364. The van der Waals surface area contributed by atoms with E-state index in [1.807, 2.05) is 6.92 Å². The summed E-state index contributed by atoms with van der Waals surface area (Å²) in [6.45, 7) is 3.90. The Balaban J connectivity index is 2.68. The Morgan fingerprint density at radius 2 is 2.18 bits per heavy atom. The molecule has 0 saturated carbocycles. The van der Waals surface area contributed by atoms with Gasteiger partial charge < -0.3 is 15.7 Å². The molecule has 0 spiro atoms. The van der Waals surface area contributed by atoms with E-state index in [9.17, 15) is 9.59 Å². The second kappa shape index (κ2) is 5.83. The molecule has 1 rings (SSSR count). The van der Waals surface area contributed by atoms with Crippen molar-refractivity contribution in [1.82, 2.24) is 10.3 Å². The molecule has 0 bridgehead atoms. The van der Waals surface area contributed by atoms with Crippen LogP contribution in [0.5, 0.6) is 0 Å². The van der Waals surface area contributed by atoms with Crippen LogP contribution < -0.4 is 10.6 Å². The molecule has 1 heterocycles. The first kappa shape index (κ1) is 13.0. The molecule has 0 aliphatic carbocycles. The summed E-state index contributed by atoms with van der Waals surface area (Å²) < 4.78 is 0. The fourth-order valence-electron chi connectivity index (χ4n) is 1.16. The van der Waals surface area contributed by atoms with Crippen LogP contribution in [-0.2, 0) is 4.79 Å². The molecule has 0 unspecified atom stereocenters. The molecule has 17 heavy (non-hydrogen) atoms. The highest BCUT2D eigenvalue weighted by molar-refractivity contribution is 5.94.